The normalized spacial score (nSPS) is 16.6. The van der Waals surface area contributed by atoms with Gasteiger partial charge in [-0.1, -0.05) is 42.5 Å². The van der Waals surface area contributed by atoms with Crippen LogP contribution in [-0.2, 0) is 16.3 Å². The first-order valence-electron chi connectivity index (χ1n) is 11.4. The summed E-state index contributed by atoms with van der Waals surface area (Å²) in [5, 5.41) is 12.4. The Morgan fingerprint density at radius 2 is 1.65 bits per heavy atom. The molecular weight excluding hydrogens is 437 g/mol. The van der Waals surface area contributed by atoms with Gasteiger partial charge in [0.1, 0.15) is 0 Å². The average Bonchev–Trinajstić information content (AvgIpc) is 2.87. The first-order valence-corrected chi connectivity index (χ1v) is 11.4. The summed E-state index contributed by atoms with van der Waals surface area (Å²) >= 11 is 0. The molecule has 1 atom stereocenters. The van der Waals surface area contributed by atoms with E-state index in [-0.39, 0.29) is 5.41 Å². The summed E-state index contributed by atoms with van der Waals surface area (Å²) in [5.74, 6) is 0. The molecule has 34 heavy (non-hydrogen) atoms. The molecule has 0 bridgehead atoms. The van der Waals surface area contributed by atoms with Crippen molar-refractivity contribution in [3.8, 4) is 17.2 Å². The van der Waals surface area contributed by atoms with Crippen molar-refractivity contribution in [2.75, 3.05) is 19.7 Å². The van der Waals surface area contributed by atoms with Crippen molar-refractivity contribution in [3.05, 3.63) is 95.1 Å². The predicted molar refractivity (Wildman–Crippen MR) is 126 cm³/mol. The number of benzene rings is 3. The van der Waals surface area contributed by atoms with Crippen LogP contribution in [0.4, 0.5) is 13.2 Å². The van der Waals surface area contributed by atoms with Gasteiger partial charge in [0.05, 0.1) is 29.9 Å². The molecule has 0 spiro atoms. The van der Waals surface area contributed by atoms with Gasteiger partial charge in [-0.05, 0) is 85.4 Å². The third-order valence-electron chi connectivity index (χ3n) is 6.66. The second-order valence-corrected chi connectivity index (χ2v) is 8.88. The molecule has 3 nitrogen and oxygen atoms in total. The third kappa shape index (κ3) is 5.32. The van der Waals surface area contributed by atoms with Gasteiger partial charge in [-0.25, -0.2) is 0 Å². The minimum atomic E-state index is -4.47. The Labute approximate surface area is 198 Å². The van der Waals surface area contributed by atoms with Crippen molar-refractivity contribution in [1.29, 1.82) is 5.26 Å². The standard InChI is InChI=1S/C28H27F3N2O/c1-20(34-19-27(11-13-33-14-12-27)25-5-3-2-4-6-25)23-15-24(17-26(16-23)28(29,30)31)22-9-7-21(18-32)8-10-22/h2-10,15-17,20,33H,11-14,19H2,1H3/t20-/m0/s1. The monoisotopic (exact) mass is 464 g/mol. The van der Waals surface area contributed by atoms with E-state index in [2.05, 4.69) is 17.4 Å². The first kappa shape index (κ1) is 24.0. The van der Waals surface area contributed by atoms with Gasteiger partial charge in [0, 0.05) is 5.41 Å². The number of rotatable bonds is 6. The maximum absolute atomic E-state index is 13.7. The van der Waals surface area contributed by atoms with E-state index >= 15 is 0 Å². The molecule has 176 valence electrons. The lowest BCUT2D eigenvalue weighted by Crippen LogP contribution is -2.43. The number of halogens is 3. The van der Waals surface area contributed by atoms with Crippen LogP contribution in [-0.4, -0.2) is 19.7 Å². The molecule has 0 radical (unpaired) electrons. The molecule has 4 rings (SSSR count). The molecule has 1 N–H and O–H groups in total. The lowest BCUT2D eigenvalue weighted by molar-refractivity contribution is -0.137. The van der Waals surface area contributed by atoms with Crippen molar-refractivity contribution < 1.29 is 17.9 Å². The molecule has 1 heterocycles. The van der Waals surface area contributed by atoms with Crippen LogP contribution < -0.4 is 5.32 Å². The highest BCUT2D eigenvalue weighted by molar-refractivity contribution is 5.66. The fourth-order valence-electron chi connectivity index (χ4n) is 4.55. The SMILES string of the molecule is C[C@H](OCC1(c2ccccc2)CCNCC1)c1cc(-c2ccc(C#N)cc2)cc(C(F)(F)F)c1. The van der Waals surface area contributed by atoms with E-state index in [1.807, 2.05) is 24.3 Å². The molecule has 1 saturated heterocycles. The fourth-order valence-corrected chi connectivity index (χ4v) is 4.55. The topological polar surface area (TPSA) is 45.0 Å². The average molecular weight is 465 g/mol. The lowest BCUT2D eigenvalue weighted by Gasteiger charge is -2.38. The van der Waals surface area contributed by atoms with Gasteiger partial charge in [-0.3, -0.25) is 0 Å². The minimum absolute atomic E-state index is 0.168. The predicted octanol–water partition coefficient (Wildman–Crippen LogP) is 6.64. The van der Waals surface area contributed by atoms with Gasteiger partial charge in [-0.2, -0.15) is 18.4 Å². The van der Waals surface area contributed by atoms with Crippen LogP contribution in [0.25, 0.3) is 11.1 Å². The number of nitrogens with one attached hydrogen (secondary N) is 1. The van der Waals surface area contributed by atoms with Crippen LogP contribution in [0.2, 0.25) is 0 Å². The van der Waals surface area contributed by atoms with Crippen LogP contribution in [0.5, 0.6) is 0 Å². The quantitative estimate of drug-likeness (QED) is 0.445. The molecule has 0 aromatic heterocycles. The first-order chi connectivity index (χ1) is 16.3. The van der Waals surface area contributed by atoms with E-state index in [9.17, 15) is 13.2 Å². The van der Waals surface area contributed by atoms with Crippen molar-refractivity contribution in [2.45, 2.75) is 37.5 Å². The number of hydrogen-bond acceptors (Lipinski definition) is 3. The number of ether oxygens (including phenoxy) is 1. The van der Waals surface area contributed by atoms with E-state index in [4.69, 9.17) is 10.00 Å². The summed E-state index contributed by atoms with van der Waals surface area (Å²) in [6, 6.07) is 22.9. The Hall–Kier alpha value is -3.14. The van der Waals surface area contributed by atoms with Gasteiger partial charge in [0.25, 0.3) is 0 Å². The van der Waals surface area contributed by atoms with Crippen LogP contribution in [0, 0.1) is 11.3 Å². The Balaban J connectivity index is 1.62. The van der Waals surface area contributed by atoms with Gasteiger partial charge in [0.15, 0.2) is 0 Å². The molecule has 0 aliphatic carbocycles. The second-order valence-electron chi connectivity index (χ2n) is 8.88. The summed E-state index contributed by atoms with van der Waals surface area (Å²) in [6.45, 7) is 3.98. The summed E-state index contributed by atoms with van der Waals surface area (Å²) in [6.07, 6.45) is -3.18. The molecule has 0 saturated carbocycles. The zero-order valence-electron chi connectivity index (χ0n) is 19.0. The second kappa shape index (κ2) is 10.0. The zero-order chi connectivity index (χ0) is 24.2. The number of nitrogens with zero attached hydrogens (tertiary/aromatic N) is 1. The molecule has 6 heteroatoms. The minimum Gasteiger partial charge on any atom is -0.373 e. The highest BCUT2D eigenvalue weighted by atomic mass is 19.4. The summed E-state index contributed by atoms with van der Waals surface area (Å²) in [4.78, 5) is 0. The summed E-state index contributed by atoms with van der Waals surface area (Å²) in [5.41, 5.74) is 2.33. The maximum atomic E-state index is 13.7. The third-order valence-corrected chi connectivity index (χ3v) is 6.66. The van der Waals surface area contributed by atoms with Gasteiger partial charge in [-0.15, -0.1) is 0 Å². The largest absolute Gasteiger partial charge is 0.416 e. The highest BCUT2D eigenvalue weighted by Gasteiger charge is 2.35. The van der Waals surface area contributed by atoms with Crippen LogP contribution in [0.1, 0.15) is 48.1 Å². The molecule has 0 unspecified atom stereocenters. The Kier molecular flexibility index (Phi) is 7.06. The Bertz CT molecular complexity index is 1150. The Morgan fingerprint density at radius 1 is 0.971 bits per heavy atom. The summed E-state index contributed by atoms with van der Waals surface area (Å²) in [7, 11) is 0. The van der Waals surface area contributed by atoms with Crippen LogP contribution >= 0.6 is 0 Å². The van der Waals surface area contributed by atoms with Gasteiger partial charge < -0.3 is 10.1 Å². The maximum Gasteiger partial charge on any atom is 0.416 e. The van der Waals surface area contributed by atoms with Crippen LogP contribution in [0.3, 0.4) is 0 Å². The van der Waals surface area contributed by atoms with Crippen molar-refractivity contribution in [3.63, 3.8) is 0 Å². The van der Waals surface area contributed by atoms with E-state index in [0.29, 0.717) is 28.9 Å². The van der Waals surface area contributed by atoms with Gasteiger partial charge >= 0.3 is 6.18 Å². The molecule has 1 fully saturated rings. The van der Waals surface area contributed by atoms with E-state index in [1.165, 1.54) is 11.6 Å². The highest BCUT2D eigenvalue weighted by Crippen LogP contribution is 2.38. The molecule has 1 aliphatic heterocycles. The smallest absolute Gasteiger partial charge is 0.373 e. The zero-order valence-corrected chi connectivity index (χ0v) is 19.0. The van der Waals surface area contributed by atoms with E-state index < -0.39 is 17.8 Å². The molecular formula is C28H27F3N2O. The van der Waals surface area contributed by atoms with E-state index in [1.54, 1.807) is 37.3 Å². The van der Waals surface area contributed by atoms with Crippen molar-refractivity contribution in [2.24, 2.45) is 0 Å². The lowest BCUT2D eigenvalue weighted by atomic mass is 9.74. The van der Waals surface area contributed by atoms with Crippen molar-refractivity contribution >= 4 is 0 Å². The molecule has 0 amide bonds. The summed E-state index contributed by atoms with van der Waals surface area (Å²) < 4.78 is 47.4. The fraction of sp³-hybridized carbons (Fsp3) is 0.321. The number of nitriles is 1. The number of hydrogen-bond donors (Lipinski definition) is 1. The number of piperidine rings is 1. The molecule has 3 aromatic carbocycles. The molecule has 3 aromatic rings. The number of alkyl halides is 3. The van der Waals surface area contributed by atoms with Gasteiger partial charge in [0.2, 0.25) is 0 Å². The Morgan fingerprint density at radius 3 is 2.26 bits per heavy atom. The van der Waals surface area contributed by atoms with Crippen LogP contribution in [0.15, 0.2) is 72.8 Å². The van der Waals surface area contributed by atoms with Crippen molar-refractivity contribution in [1.82, 2.24) is 5.32 Å². The van der Waals surface area contributed by atoms with E-state index in [0.717, 1.165) is 32.0 Å². The molecule has 1 aliphatic rings.